The average Bonchev–Trinajstić information content (AvgIpc) is 2.36. The van der Waals surface area contributed by atoms with Gasteiger partial charge in [0.15, 0.2) is 0 Å². The minimum atomic E-state index is -0.509. The van der Waals surface area contributed by atoms with Gasteiger partial charge < -0.3 is 10.4 Å². The van der Waals surface area contributed by atoms with E-state index in [0.29, 0.717) is 13.0 Å². The first-order chi connectivity index (χ1) is 8.65. The van der Waals surface area contributed by atoms with E-state index in [0.717, 1.165) is 10.9 Å². The van der Waals surface area contributed by atoms with E-state index >= 15 is 0 Å². The van der Waals surface area contributed by atoms with Crippen molar-refractivity contribution in [2.75, 3.05) is 6.54 Å². The Kier molecular flexibility index (Phi) is 3.95. The van der Waals surface area contributed by atoms with Crippen molar-refractivity contribution in [3.63, 3.8) is 0 Å². The Morgan fingerprint density at radius 3 is 2.67 bits per heavy atom. The number of rotatable bonds is 4. The molecule has 2 rings (SSSR count). The number of fused-ring (bicyclic) bond motifs is 1. The second kappa shape index (κ2) is 5.65. The molecule has 0 aliphatic carbocycles. The molecule has 3 heteroatoms. The molecule has 94 valence electrons. The SMILES string of the molecule is C[C@@H](O)CNC(=O)Cc1ccc2ccccc2c1. The monoisotopic (exact) mass is 243 g/mol. The first kappa shape index (κ1) is 12.6. The molecule has 2 aromatic carbocycles. The lowest BCUT2D eigenvalue weighted by Gasteiger charge is -2.07. The van der Waals surface area contributed by atoms with Gasteiger partial charge in [-0.3, -0.25) is 4.79 Å². The Morgan fingerprint density at radius 2 is 1.94 bits per heavy atom. The molecule has 1 atom stereocenters. The summed E-state index contributed by atoms with van der Waals surface area (Å²) in [7, 11) is 0. The van der Waals surface area contributed by atoms with Crippen LogP contribution in [0.3, 0.4) is 0 Å². The molecule has 0 heterocycles. The Labute approximate surface area is 106 Å². The zero-order valence-electron chi connectivity index (χ0n) is 10.4. The van der Waals surface area contributed by atoms with Gasteiger partial charge in [-0.1, -0.05) is 42.5 Å². The van der Waals surface area contributed by atoms with Gasteiger partial charge in [0.2, 0.25) is 5.91 Å². The quantitative estimate of drug-likeness (QED) is 0.861. The van der Waals surface area contributed by atoms with Crippen molar-refractivity contribution in [2.24, 2.45) is 0 Å². The fraction of sp³-hybridized carbons (Fsp3) is 0.267. The fourth-order valence-electron chi connectivity index (χ4n) is 1.86. The summed E-state index contributed by atoms with van der Waals surface area (Å²) in [5.41, 5.74) is 0.983. The normalized spacial score (nSPS) is 12.3. The topological polar surface area (TPSA) is 49.3 Å². The van der Waals surface area contributed by atoms with E-state index in [1.54, 1.807) is 6.92 Å². The van der Waals surface area contributed by atoms with Crippen LogP contribution in [0.15, 0.2) is 42.5 Å². The molecule has 0 bridgehead atoms. The van der Waals surface area contributed by atoms with Gasteiger partial charge >= 0.3 is 0 Å². The summed E-state index contributed by atoms with van der Waals surface area (Å²) in [6, 6.07) is 14.1. The summed E-state index contributed by atoms with van der Waals surface area (Å²) in [6.07, 6.45) is -0.164. The number of carbonyl (C=O) groups is 1. The maximum atomic E-state index is 11.6. The smallest absolute Gasteiger partial charge is 0.224 e. The van der Waals surface area contributed by atoms with Crippen LogP contribution in [0.4, 0.5) is 0 Å². The molecular formula is C15H17NO2. The number of benzene rings is 2. The first-order valence-corrected chi connectivity index (χ1v) is 6.07. The molecule has 0 aliphatic rings. The third kappa shape index (κ3) is 3.31. The molecule has 0 spiro atoms. The molecule has 3 nitrogen and oxygen atoms in total. The molecule has 18 heavy (non-hydrogen) atoms. The van der Waals surface area contributed by atoms with E-state index in [9.17, 15) is 4.79 Å². The highest BCUT2D eigenvalue weighted by molar-refractivity contribution is 5.85. The van der Waals surface area contributed by atoms with Crippen molar-refractivity contribution < 1.29 is 9.90 Å². The van der Waals surface area contributed by atoms with Crippen LogP contribution in [-0.2, 0) is 11.2 Å². The van der Waals surface area contributed by atoms with Crippen molar-refractivity contribution >= 4 is 16.7 Å². The molecule has 0 fully saturated rings. The third-order valence-corrected chi connectivity index (χ3v) is 2.77. The molecule has 1 amide bonds. The van der Waals surface area contributed by atoms with Crippen LogP contribution in [0, 0.1) is 0 Å². The van der Waals surface area contributed by atoms with E-state index in [4.69, 9.17) is 5.11 Å². The number of carbonyl (C=O) groups excluding carboxylic acids is 1. The average molecular weight is 243 g/mol. The minimum absolute atomic E-state index is 0.0637. The predicted molar refractivity (Wildman–Crippen MR) is 72.3 cm³/mol. The Hall–Kier alpha value is -1.87. The summed E-state index contributed by atoms with van der Waals surface area (Å²) in [5, 5.41) is 14.1. The third-order valence-electron chi connectivity index (χ3n) is 2.77. The lowest BCUT2D eigenvalue weighted by molar-refractivity contribution is -0.120. The molecule has 2 aromatic rings. The highest BCUT2D eigenvalue weighted by atomic mass is 16.3. The van der Waals surface area contributed by atoms with E-state index in [1.807, 2.05) is 42.5 Å². The van der Waals surface area contributed by atoms with Crippen molar-refractivity contribution in [1.82, 2.24) is 5.32 Å². The second-order valence-electron chi connectivity index (χ2n) is 4.51. The summed E-state index contributed by atoms with van der Waals surface area (Å²) >= 11 is 0. The lowest BCUT2D eigenvalue weighted by atomic mass is 10.0. The zero-order chi connectivity index (χ0) is 13.0. The van der Waals surface area contributed by atoms with Crippen LogP contribution in [-0.4, -0.2) is 23.7 Å². The standard InChI is InChI=1S/C15H17NO2/c1-11(17)10-16-15(18)9-12-6-7-13-4-2-3-5-14(13)8-12/h2-8,11,17H,9-10H2,1H3,(H,16,18)/t11-/m1/s1. The molecule has 0 aromatic heterocycles. The van der Waals surface area contributed by atoms with Crippen molar-refractivity contribution in [3.05, 3.63) is 48.0 Å². The van der Waals surface area contributed by atoms with Gasteiger partial charge in [-0.15, -0.1) is 0 Å². The zero-order valence-corrected chi connectivity index (χ0v) is 10.4. The Balaban J connectivity index is 2.05. The molecule has 0 aliphatic heterocycles. The molecule has 0 saturated carbocycles. The summed E-state index contributed by atoms with van der Waals surface area (Å²) in [4.78, 5) is 11.6. The number of aliphatic hydroxyl groups excluding tert-OH is 1. The summed E-state index contributed by atoms with van der Waals surface area (Å²) in [6.45, 7) is 1.95. The molecular weight excluding hydrogens is 226 g/mol. The van der Waals surface area contributed by atoms with Gasteiger partial charge in [0.25, 0.3) is 0 Å². The van der Waals surface area contributed by atoms with Gasteiger partial charge in [-0.2, -0.15) is 0 Å². The highest BCUT2D eigenvalue weighted by Crippen LogP contribution is 2.15. The lowest BCUT2D eigenvalue weighted by Crippen LogP contribution is -2.31. The van der Waals surface area contributed by atoms with Crippen molar-refractivity contribution in [3.8, 4) is 0 Å². The summed E-state index contributed by atoms with van der Waals surface area (Å²) < 4.78 is 0. The van der Waals surface area contributed by atoms with E-state index < -0.39 is 6.10 Å². The largest absolute Gasteiger partial charge is 0.392 e. The number of hydrogen-bond donors (Lipinski definition) is 2. The van der Waals surface area contributed by atoms with Crippen molar-refractivity contribution in [2.45, 2.75) is 19.4 Å². The number of amides is 1. The Morgan fingerprint density at radius 1 is 1.22 bits per heavy atom. The molecule has 0 saturated heterocycles. The molecule has 0 radical (unpaired) electrons. The van der Waals surface area contributed by atoms with E-state index in [2.05, 4.69) is 5.32 Å². The van der Waals surface area contributed by atoms with Gasteiger partial charge in [0.1, 0.15) is 0 Å². The molecule has 0 unspecified atom stereocenters. The highest BCUT2D eigenvalue weighted by Gasteiger charge is 2.05. The fourth-order valence-corrected chi connectivity index (χ4v) is 1.86. The van der Waals surface area contributed by atoms with Crippen LogP contribution in [0.25, 0.3) is 10.8 Å². The minimum Gasteiger partial charge on any atom is -0.392 e. The molecule has 2 N–H and O–H groups in total. The summed E-state index contributed by atoms with van der Waals surface area (Å²) in [5.74, 6) is -0.0637. The second-order valence-corrected chi connectivity index (χ2v) is 4.51. The van der Waals surface area contributed by atoms with Gasteiger partial charge in [0, 0.05) is 6.54 Å². The van der Waals surface area contributed by atoms with Gasteiger partial charge in [-0.05, 0) is 23.3 Å². The Bertz CT molecular complexity index is 549. The van der Waals surface area contributed by atoms with Gasteiger partial charge in [-0.25, -0.2) is 0 Å². The first-order valence-electron chi connectivity index (χ1n) is 6.07. The maximum Gasteiger partial charge on any atom is 0.224 e. The van der Waals surface area contributed by atoms with Crippen LogP contribution < -0.4 is 5.32 Å². The number of aliphatic hydroxyl groups is 1. The van der Waals surface area contributed by atoms with Crippen LogP contribution in [0.1, 0.15) is 12.5 Å². The van der Waals surface area contributed by atoms with E-state index in [-0.39, 0.29) is 5.91 Å². The van der Waals surface area contributed by atoms with Crippen LogP contribution in [0.5, 0.6) is 0 Å². The number of nitrogens with one attached hydrogen (secondary N) is 1. The van der Waals surface area contributed by atoms with Crippen molar-refractivity contribution in [1.29, 1.82) is 0 Å². The predicted octanol–water partition coefficient (Wildman–Crippen LogP) is 1.88. The van der Waals surface area contributed by atoms with E-state index in [1.165, 1.54) is 5.39 Å². The number of hydrogen-bond acceptors (Lipinski definition) is 2. The maximum absolute atomic E-state index is 11.6. The van der Waals surface area contributed by atoms with Crippen LogP contribution in [0.2, 0.25) is 0 Å². The van der Waals surface area contributed by atoms with Crippen LogP contribution >= 0.6 is 0 Å². The van der Waals surface area contributed by atoms with Gasteiger partial charge in [0.05, 0.1) is 12.5 Å².